The quantitative estimate of drug-likeness (QED) is 0.141. The smallest absolute Gasteiger partial charge is 0.330 e. The number of nitrogens with one attached hydrogen (secondary N) is 2. The summed E-state index contributed by atoms with van der Waals surface area (Å²) in [5.74, 6) is -1.73. The van der Waals surface area contributed by atoms with E-state index in [0.29, 0.717) is 18.0 Å². The van der Waals surface area contributed by atoms with Crippen molar-refractivity contribution in [2.45, 2.75) is 81.7 Å². The molecule has 2 aromatic rings. The van der Waals surface area contributed by atoms with Crippen LogP contribution in [0.4, 0.5) is 5.69 Å². The molecule has 0 radical (unpaired) electrons. The van der Waals surface area contributed by atoms with Crippen LogP contribution in [0.2, 0.25) is 0 Å². The Morgan fingerprint density at radius 1 is 1.09 bits per heavy atom. The van der Waals surface area contributed by atoms with E-state index in [1.165, 1.54) is 7.11 Å². The van der Waals surface area contributed by atoms with Crippen LogP contribution in [-0.4, -0.2) is 93.3 Å². The molecule has 0 spiro atoms. The highest BCUT2D eigenvalue weighted by Gasteiger charge is 2.52. The second-order valence-corrected chi connectivity index (χ2v) is 10.5. The van der Waals surface area contributed by atoms with Crippen molar-refractivity contribution in [3.63, 3.8) is 0 Å². The number of carbonyl (C=O) groups excluding carboxylic acids is 2. The number of hydrogen-bond donors (Lipinski definition) is 6. The number of aromatic nitrogens is 2. The zero-order valence-electron chi connectivity index (χ0n) is 24.7. The SMILES string of the molecule is CCCCCCOc1ccc(NC(=O)C2=C[C@H](O)[C@H](O)[C@@H](O[C@@H](C(N)=O)[C@H]3O[C@@H](n4ccc(=O)[nH]c4=O)[C@H](O)[C@@H]3OC)O2)cc1. The van der Waals surface area contributed by atoms with Gasteiger partial charge in [0, 0.05) is 25.1 Å². The fraction of sp³-hybridized carbons (Fsp3) is 0.517. The fourth-order valence-electron chi connectivity index (χ4n) is 4.93. The van der Waals surface area contributed by atoms with Gasteiger partial charge in [-0.15, -0.1) is 0 Å². The molecule has 1 saturated heterocycles. The van der Waals surface area contributed by atoms with Crippen LogP contribution in [0.3, 0.4) is 0 Å². The Balaban J connectivity index is 1.43. The van der Waals surface area contributed by atoms with E-state index in [-0.39, 0.29) is 0 Å². The summed E-state index contributed by atoms with van der Waals surface area (Å²) >= 11 is 0. The van der Waals surface area contributed by atoms with Gasteiger partial charge in [0.05, 0.1) is 6.61 Å². The van der Waals surface area contributed by atoms with E-state index in [1.54, 1.807) is 24.3 Å². The van der Waals surface area contributed by atoms with Crippen LogP contribution in [0.5, 0.6) is 5.75 Å². The van der Waals surface area contributed by atoms with Crippen molar-refractivity contribution in [2.75, 3.05) is 19.0 Å². The Morgan fingerprint density at radius 2 is 1.82 bits per heavy atom. The molecule has 45 heavy (non-hydrogen) atoms. The van der Waals surface area contributed by atoms with Gasteiger partial charge in [0.2, 0.25) is 12.2 Å². The van der Waals surface area contributed by atoms with Gasteiger partial charge in [0.15, 0.2) is 18.1 Å². The maximum absolute atomic E-state index is 13.0. The average molecular weight is 635 g/mol. The molecule has 1 aromatic carbocycles. The molecule has 0 unspecified atom stereocenters. The Kier molecular flexibility index (Phi) is 11.5. The number of ether oxygens (including phenoxy) is 5. The number of aliphatic hydroxyl groups excluding tert-OH is 3. The maximum atomic E-state index is 13.0. The number of aliphatic hydroxyl groups is 3. The fourth-order valence-corrected chi connectivity index (χ4v) is 4.93. The monoisotopic (exact) mass is 634 g/mol. The molecule has 3 heterocycles. The van der Waals surface area contributed by atoms with Crippen LogP contribution < -0.4 is 27.0 Å². The molecule has 1 fully saturated rings. The summed E-state index contributed by atoms with van der Waals surface area (Å²) in [4.78, 5) is 51.3. The molecule has 16 nitrogen and oxygen atoms in total. The number of H-pyrrole nitrogens is 1. The topological polar surface area (TPSA) is 234 Å². The summed E-state index contributed by atoms with van der Waals surface area (Å²) in [7, 11) is 1.20. The highest BCUT2D eigenvalue weighted by Crippen LogP contribution is 2.34. The van der Waals surface area contributed by atoms with Crippen molar-refractivity contribution in [2.24, 2.45) is 5.73 Å². The van der Waals surface area contributed by atoms with Crippen molar-refractivity contribution < 1.29 is 48.6 Å². The molecule has 4 rings (SSSR count). The minimum Gasteiger partial charge on any atom is -0.494 e. The second-order valence-electron chi connectivity index (χ2n) is 10.5. The molecule has 2 aliphatic rings. The summed E-state index contributed by atoms with van der Waals surface area (Å²) in [6.07, 6.45) is -6.42. The number of hydrogen-bond acceptors (Lipinski definition) is 12. The highest BCUT2D eigenvalue weighted by atomic mass is 16.7. The van der Waals surface area contributed by atoms with Crippen LogP contribution in [0.15, 0.2) is 58.0 Å². The van der Waals surface area contributed by atoms with Gasteiger partial charge in [0.25, 0.3) is 11.5 Å². The van der Waals surface area contributed by atoms with E-state index >= 15 is 0 Å². The van der Waals surface area contributed by atoms with Gasteiger partial charge in [-0.3, -0.25) is 23.9 Å². The third-order valence-corrected chi connectivity index (χ3v) is 7.30. The van der Waals surface area contributed by atoms with E-state index in [2.05, 4.69) is 12.2 Å². The lowest BCUT2D eigenvalue weighted by Gasteiger charge is -2.35. The number of aromatic amines is 1. The molecule has 2 amide bonds. The summed E-state index contributed by atoms with van der Waals surface area (Å²) in [5.41, 5.74) is 4.37. The highest BCUT2D eigenvalue weighted by molar-refractivity contribution is 6.02. The van der Waals surface area contributed by atoms with Crippen molar-refractivity contribution in [1.29, 1.82) is 0 Å². The predicted molar refractivity (Wildman–Crippen MR) is 156 cm³/mol. The first-order valence-electron chi connectivity index (χ1n) is 14.5. The standard InChI is InChI=1S/C29H38N4O12/c1-3-4-5-6-13-42-16-9-7-15(8-10-16)31-26(39)18-14-17(34)20(36)28(43-18)45-24(25(30)38)23-22(41-2)21(37)27(44-23)33-12-11-19(35)32-29(33)40/h7-12,14,17,20-24,27-28,34,36-37H,3-6,13H2,1-2H3,(H2,30,38)(H,31,39)(H,32,35,40)/t17-,20-,21+,22-,23-,24+,27+,28+/m0/s1. The molecular weight excluding hydrogens is 596 g/mol. The minimum atomic E-state index is -1.81. The van der Waals surface area contributed by atoms with Gasteiger partial charge in [0.1, 0.15) is 36.3 Å². The van der Waals surface area contributed by atoms with E-state index in [4.69, 9.17) is 29.4 Å². The summed E-state index contributed by atoms with van der Waals surface area (Å²) < 4.78 is 28.8. The third-order valence-electron chi connectivity index (χ3n) is 7.30. The van der Waals surface area contributed by atoms with Gasteiger partial charge in [-0.2, -0.15) is 0 Å². The van der Waals surface area contributed by atoms with Gasteiger partial charge >= 0.3 is 5.69 Å². The maximum Gasteiger partial charge on any atom is 0.330 e. The zero-order valence-corrected chi connectivity index (χ0v) is 24.7. The van der Waals surface area contributed by atoms with E-state index < -0.39 is 78.0 Å². The Hall–Kier alpha value is -4.06. The molecule has 0 aliphatic carbocycles. The molecule has 246 valence electrons. The molecule has 7 N–H and O–H groups in total. The Morgan fingerprint density at radius 3 is 2.47 bits per heavy atom. The van der Waals surface area contributed by atoms with E-state index in [0.717, 1.165) is 48.6 Å². The number of anilines is 1. The number of nitrogens with two attached hydrogens (primary N) is 1. The minimum absolute atomic E-state index is 0.385. The summed E-state index contributed by atoms with van der Waals surface area (Å²) in [6.45, 7) is 2.70. The predicted octanol–water partition coefficient (Wildman–Crippen LogP) is -0.760. The number of nitrogens with zero attached hydrogens (tertiary/aromatic N) is 1. The van der Waals surface area contributed by atoms with Crippen molar-refractivity contribution in [3.8, 4) is 5.75 Å². The average Bonchev–Trinajstić information content (AvgIpc) is 3.33. The number of methoxy groups -OCH3 is 1. The number of carbonyl (C=O) groups is 2. The van der Waals surface area contributed by atoms with Gasteiger partial charge in [-0.05, 0) is 36.8 Å². The van der Waals surface area contributed by atoms with Crippen LogP contribution >= 0.6 is 0 Å². The number of primary amides is 1. The summed E-state index contributed by atoms with van der Waals surface area (Å²) in [5, 5.41) is 34.5. The molecule has 2 aliphatic heterocycles. The number of amides is 2. The van der Waals surface area contributed by atoms with Gasteiger partial charge < -0.3 is 50.1 Å². The van der Waals surface area contributed by atoms with Crippen LogP contribution in [-0.2, 0) is 28.5 Å². The van der Waals surface area contributed by atoms with Crippen LogP contribution in [0, 0.1) is 0 Å². The van der Waals surface area contributed by atoms with E-state index in [9.17, 15) is 34.5 Å². The molecule has 0 saturated carbocycles. The molecular formula is C29H38N4O12. The molecule has 0 bridgehead atoms. The Bertz CT molecular complexity index is 1460. The van der Waals surface area contributed by atoms with Gasteiger partial charge in [-0.25, -0.2) is 4.79 Å². The Labute approximate surface area is 257 Å². The van der Waals surface area contributed by atoms with Gasteiger partial charge in [-0.1, -0.05) is 26.2 Å². The second kappa shape index (κ2) is 15.3. The zero-order chi connectivity index (χ0) is 32.7. The van der Waals surface area contributed by atoms with Crippen LogP contribution in [0.1, 0.15) is 38.8 Å². The first kappa shape index (κ1) is 33.8. The molecule has 8 atom stereocenters. The number of rotatable bonds is 14. The summed E-state index contributed by atoms with van der Waals surface area (Å²) in [6, 6.07) is 7.62. The van der Waals surface area contributed by atoms with E-state index in [1.807, 2.05) is 4.98 Å². The number of unbranched alkanes of at least 4 members (excludes halogenated alkanes) is 3. The van der Waals surface area contributed by atoms with Crippen molar-refractivity contribution in [1.82, 2.24) is 9.55 Å². The third kappa shape index (κ3) is 8.16. The van der Waals surface area contributed by atoms with Crippen molar-refractivity contribution in [3.05, 3.63) is 69.2 Å². The molecule has 1 aromatic heterocycles. The number of benzene rings is 1. The first-order chi connectivity index (χ1) is 21.5. The normalized spacial score (nSPS) is 26.9. The largest absolute Gasteiger partial charge is 0.494 e. The lowest BCUT2D eigenvalue weighted by molar-refractivity contribution is -0.241. The first-order valence-corrected chi connectivity index (χ1v) is 14.5. The van der Waals surface area contributed by atoms with Crippen molar-refractivity contribution >= 4 is 17.5 Å². The lowest BCUT2D eigenvalue weighted by Crippen LogP contribution is -2.53. The lowest BCUT2D eigenvalue weighted by atomic mass is 10.0. The van der Waals surface area contributed by atoms with Crippen LogP contribution in [0.25, 0.3) is 0 Å². The molecule has 16 heteroatoms.